The van der Waals surface area contributed by atoms with Crippen molar-refractivity contribution in [1.82, 2.24) is 4.98 Å². The van der Waals surface area contributed by atoms with Crippen LogP contribution in [-0.2, 0) is 10.2 Å². The first-order valence-electron chi connectivity index (χ1n) is 9.17. The highest BCUT2D eigenvalue weighted by Crippen LogP contribution is 2.39. The van der Waals surface area contributed by atoms with Crippen molar-refractivity contribution in [3.63, 3.8) is 0 Å². The summed E-state index contributed by atoms with van der Waals surface area (Å²) in [6.45, 7) is -0.399. The van der Waals surface area contributed by atoms with Crippen LogP contribution in [0.3, 0.4) is 0 Å². The molecule has 1 heterocycles. The third kappa shape index (κ3) is 3.81. The highest BCUT2D eigenvalue weighted by Gasteiger charge is 2.28. The van der Waals surface area contributed by atoms with Crippen LogP contribution in [0.15, 0.2) is 83.8 Å². The standard InChI is InChI=1S/C22H17FN2O4S/c23-30(28,29)17-11-12-20-18(13-17)21(22(24-20)16-9-5-2-6-10-16)19(14-25(26)27)15-7-3-1-4-8-15/h1-13,19,24H,14H2. The minimum atomic E-state index is -4.93. The van der Waals surface area contributed by atoms with E-state index in [-0.39, 0.29) is 0 Å². The van der Waals surface area contributed by atoms with Crippen molar-refractivity contribution in [1.29, 1.82) is 0 Å². The molecule has 0 fully saturated rings. The predicted octanol–water partition coefficient (Wildman–Crippen LogP) is 4.90. The maximum atomic E-state index is 13.7. The number of aromatic amines is 1. The maximum Gasteiger partial charge on any atom is 0.332 e. The topological polar surface area (TPSA) is 93.1 Å². The van der Waals surface area contributed by atoms with Crippen molar-refractivity contribution < 1.29 is 17.2 Å². The molecule has 30 heavy (non-hydrogen) atoms. The fourth-order valence-electron chi connectivity index (χ4n) is 3.74. The van der Waals surface area contributed by atoms with Crippen LogP contribution in [-0.4, -0.2) is 24.9 Å². The molecular formula is C22H17FN2O4S. The molecular weight excluding hydrogens is 407 g/mol. The lowest BCUT2D eigenvalue weighted by atomic mass is 9.87. The minimum Gasteiger partial charge on any atom is -0.354 e. The summed E-state index contributed by atoms with van der Waals surface area (Å²) in [5.74, 6) is -0.664. The van der Waals surface area contributed by atoms with Crippen molar-refractivity contribution in [2.45, 2.75) is 10.8 Å². The summed E-state index contributed by atoms with van der Waals surface area (Å²) in [6.07, 6.45) is 0. The van der Waals surface area contributed by atoms with Gasteiger partial charge in [0.25, 0.3) is 0 Å². The van der Waals surface area contributed by atoms with E-state index < -0.39 is 32.5 Å². The van der Waals surface area contributed by atoms with Gasteiger partial charge in [-0.3, -0.25) is 10.1 Å². The first-order chi connectivity index (χ1) is 14.3. The molecule has 1 aromatic heterocycles. The van der Waals surface area contributed by atoms with E-state index in [2.05, 4.69) is 4.98 Å². The first-order valence-corrected chi connectivity index (χ1v) is 10.6. The fourth-order valence-corrected chi connectivity index (χ4v) is 4.22. The number of rotatable bonds is 6. The Morgan fingerprint density at radius 2 is 1.60 bits per heavy atom. The van der Waals surface area contributed by atoms with Crippen LogP contribution in [0.25, 0.3) is 22.2 Å². The van der Waals surface area contributed by atoms with Gasteiger partial charge in [0.1, 0.15) is 0 Å². The average Bonchev–Trinajstić information content (AvgIpc) is 3.11. The average molecular weight is 424 g/mol. The van der Waals surface area contributed by atoms with E-state index in [0.29, 0.717) is 27.7 Å². The van der Waals surface area contributed by atoms with E-state index in [0.717, 1.165) is 5.56 Å². The van der Waals surface area contributed by atoms with Gasteiger partial charge in [-0.1, -0.05) is 60.7 Å². The Balaban J connectivity index is 2.06. The number of hydrogen-bond donors (Lipinski definition) is 1. The molecule has 0 amide bonds. The second-order valence-corrected chi connectivity index (χ2v) is 8.25. The number of nitro groups is 1. The van der Waals surface area contributed by atoms with Gasteiger partial charge in [0.05, 0.1) is 16.5 Å². The summed E-state index contributed by atoms with van der Waals surface area (Å²) in [5, 5.41) is 12.0. The molecule has 0 aliphatic carbocycles. The molecule has 3 aromatic carbocycles. The number of nitrogens with zero attached hydrogens (tertiary/aromatic N) is 1. The van der Waals surface area contributed by atoms with Crippen LogP contribution < -0.4 is 0 Å². The zero-order valence-electron chi connectivity index (χ0n) is 15.7. The molecule has 4 rings (SSSR count). The summed E-state index contributed by atoms with van der Waals surface area (Å²) in [5.41, 5.74) is 3.26. The van der Waals surface area contributed by atoms with Gasteiger partial charge in [-0.05, 0) is 34.9 Å². The van der Waals surface area contributed by atoms with Crippen molar-refractivity contribution in [2.75, 3.05) is 6.54 Å². The zero-order chi connectivity index (χ0) is 21.3. The van der Waals surface area contributed by atoms with E-state index in [1.54, 1.807) is 24.3 Å². The number of H-pyrrole nitrogens is 1. The minimum absolute atomic E-state index is 0.399. The van der Waals surface area contributed by atoms with Gasteiger partial charge in [0, 0.05) is 15.8 Å². The molecule has 1 N–H and O–H groups in total. The Morgan fingerprint density at radius 1 is 0.967 bits per heavy atom. The summed E-state index contributed by atoms with van der Waals surface area (Å²) in [4.78, 5) is 13.9. The van der Waals surface area contributed by atoms with Crippen molar-refractivity contribution >= 4 is 21.1 Å². The lowest BCUT2D eigenvalue weighted by Gasteiger charge is -2.16. The van der Waals surface area contributed by atoms with Crippen LogP contribution in [0.1, 0.15) is 17.0 Å². The Hall–Kier alpha value is -3.52. The van der Waals surface area contributed by atoms with E-state index in [4.69, 9.17) is 0 Å². The van der Waals surface area contributed by atoms with Gasteiger partial charge in [0.15, 0.2) is 0 Å². The van der Waals surface area contributed by atoms with E-state index in [1.165, 1.54) is 18.2 Å². The van der Waals surface area contributed by atoms with Crippen molar-refractivity contribution in [3.05, 3.63) is 100 Å². The van der Waals surface area contributed by atoms with Gasteiger partial charge < -0.3 is 4.98 Å². The molecule has 0 spiro atoms. The van der Waals surface area contributed by atoms with Crippen LogP contribution in [0.2, 0.25) is 0 Å². The van der Waals surface area contributed by atoms with Gasteiger partial charge in [-0.15, -0.1) is 3.89 Å². The second-order valence-electron chi connectivity index (χ2n) is 6.90. The predicted molar refractivity (Wildman–Crippen MR) is 112 cm³/mol. The lowest BCUT2D eigenvalue weighted by molar-refractivity contribution is -0.481. The quantitative estimate of drug-likeness (QED) is 0.271. The highest BCUT2D eigenvalue weighted by atomic mass is 32.3. The number of aromatic nitrogens is 1. The maximum absolute atomic E-state index is 13.7. The van der Waals surface area contributed by atoms with Crippen molar-refractivity contribution in [3.8, 4) is 11.3 Å². The Kier molecular flexibility index (Phi) is 5.09. The van der Waals surface area contributed by atoms with Gasteiger partial charge >= 0.3 is 10.2 Å². The third-order valence-corrected chi connectivity index (χ3v) is 5.85. The van der Waals surface area contributed by atoms with Crippen molar-refractivity contribution in [2.24, 2.45) is 0 Å². The highest BCUT2D eigenvalue weighted by molar-refractivity contribution is 7.86. The molecule has 152 valence electrons. The molecule has 0 aliphatic heterocycles. The van der Waals surface area contributed by atoms with Gasteiger partial charge in [-0.25, -0.2) is 0 Å². The second kappa shape index (κ2) is 7.72. The molecule has 0 saturated carbocycles. The fraction of sp³-hybridized carbons (Fsp3) is 0.0909. The molecule has 0 aliphatic rings. The Labute approximate surface area is 172 Å². The van der Waals surface area contributed by atoms with Crippen LogP contribution >= 0.6 is 0 Å². The zero-order valence-corrected chi connectivity index (χ0v) is 16.5. The Morgan fingerprint density at radius 3 is 2.20 bits per heavy atom. The van der Waals surface area contributed by atoms with Crippen LogP contribution in [0, 0.1) is 10.1 Å². The van der Waals surface area contributed by atoms with E-state index in [1.807, 2.05) is 36.4 Å². The van der Waals surface area contributed by atoms with Gasteiger partial charge in [-0.2, -0.15) is 8.42 Å². The molecule has 4 aromatic rings. The summed E-state index contributed by atoms with van der Waals surface area (Å²) >= 11 is 0. The van der Waals surface area contributed by atoms with Crippen LogP contribution in [0.4, 0.5) is 3.89 Å². The smallest absolute Gasteiger partial charge is 0.332 e. The molecule has 1 atom stereocenters. The number of halogens is 1. The summed E-state index contributed by atoms with van der Waals surface area (Å²) in [6, 6.07) is 22.1. The number of benzene rings is 3. The summed E-state index contributed by atoms with van der Waals surface area (Å²) in [7, 11) is -4.93. The first kappa shape index (κ1) is 19.8. The van der Waals surface area contributed by atoms with Gasteiger partial charge in [0.2, 0.25) is 6.54 Å². The molecule has 0 saturated heterocycles. The lowest BCUT2D eigenvalue weighted by Crippen LogP contribution is -2.14. The number of fused-ring (bicyclic) bond motifs is 1. The molecule has 0 radical (unpaired) electrons. The van der Waals surface area contributed by atoms with Crippen LogP contribution in [0.5, 0.6) is 0 Å². The molecule has 1 unspecified atom stereocenters. The van der Waals surface area contributed by atoms with E-state index in [9.17, 15) is 22.4 Å². The Bertz CT molecular complexity index is 1320. The molecule has 6 nitrogen and oxygen atoms in total. The number of nitrogens with one attached hydrogen (secondary N) is 1. The normalized spacial score (nSPS) is 12.7. The number of hydrogen-bond acceptors (Lipinski definition) is 4. The third-order valence-electron chi connectivity index (χ3n) is 5.04. The molecule has 8 heteroatoms. The van der Waals surface area contributed by atoms with E-state index >= 15 is 0 Å². The largest absolute Gasteiger partial charge is 0.354 e. The summed E-state index contributed by atoms with van der Waals surface area (Å²) < 4.78 is 36.7. The monoisotopic (exact) mass is 424 g/mol. The molecule has 0 bridgehead atoms. The SMILES string of the molecule is O=[N+]([O-])CC(c1ccccc1)c1c(-c2ccccc2)[nH]c2ccc(S(=O)(=O)F)cc12.